The van der Waals surface area contributed by atoms with E-state index in [1.165, 1.54) is 17.7 Å². The average Bonchev–Trinajstić information content (AvgIpc) is 4.00. The normalized spacial score (nSPS) is 12.6. The zero-order chi connectivity index (χ0) is 43.8. The number of pyridine rings is 1. The number of hydrogen-bond acceptors (Lipinski definition) is 4. The van der Waals surface area contributed by atoms with Crippen LogP contribution in [0.25, 0.3) is 66.2 Å². The number of anilines is 4. The Bertz CT molecular complexity index is 3590. The van der Waals surface area contributed by atoms with Gasteiger partial charge in [-0.05, 0) is 82.6 Å². The molecule has 0 aliphatic carbocycles. The SMILES string of the molecule is CC(C)(C)c1ccnc(-n2c3[c-]c(Oc4[c-]c(N5[CH-]N(c6ccccc6-c6ccc(F)cc6)c6ccccc65)cc(-n5c6ccccc6c6ccccc65)c4)ccc3c3ccccc32)c1.[Pt]. The predicted molar refractivity (Wildman–Crippen MR) is 263 cm³/mol. The van der Waals surface area contributed by atoms with Crippen molar-refractivity contribution in [2.75, 3.05) is 9.80 Å². The van der Waals surface area contributed by atoms with Crippen LogP contribution >= 0.6 is 0 Å². The molecule has 1 aliphatic rings. The minimum atomic E-state index is -0.269. The first-order valence-electron chi connectivity index (χ1n) is 21.8. The fourth-order valence-corrected chi connectivity index (χ4v) is 9.38. The zero-order valence-electron chi connectivity index (χ0n) is 36.3. The Hall–Kier alpha value is -7.47. The van der Waals surface area contributed by atoms with E-state index in [-0.39, 0.29) is 32.3 Å². The van der Waals surface area contributed by atoms with Gasteiger partial charge >= 0.3 is 0 Å². The number of hydrogen-bond donors (Lipinski definition) is 0. The first-order valence-corrected chi connectivity index (χ1v) is 21.8. The van der Waals surface area contributed by atoms with Crippen molar-refractivity contribution in [3.63, 3.8) is 0 Å². The molecule has 8 aromatic carbocycles. The fraction of sp³-hybridized carbons (Fsp3) is 0.0690. The Morgan fingerprint density at radius 2 is 1.14 bits per heavy atom. The Morgan fingerprint density at radius 1 is 0.545 bits per heavy atom. The molecule has 0 saturated heterocycles. The van der Waals surface area contributed by atoms with E-state index in [0.717, 1.165) is 89.0 Å². The largest absolute Gasteiger partial charge is 0.509 e. The van der Waals surface area contributed by atoms with Gasteiger partial charge in [0, 0.05) is 77.7 Å². The molecule has 0 amide bonds. The summed E-state index contributed by atoms with van der Waals surface area (Å²) in [7, 11) is 0. The Morgan fingerprint density at radius 3 is 1.82 bits per heavy atom. The van der Waals surface area contributed by atoms with Crippen molar-refractivity contribution >= 4 is 66.4 Å². The third-order valence-electron chi connectivity index (χ3n) is 12.5. The number of benzene rings is 8. The van der Waals surface area contributed by atoms with Crippen LogP contribution in [0.2, 0.25) is 0 Å². The maximum atomic E-state index is 14.1. The van der Waals surface area contributed by atoms with Gasteiger partial charge in [0.15, 0.2) is 0 Å². The number of aromatic nitrogens is 3. The maximum absolute atomic E-state index is 14.1. The van der Waals surface area contributed by atoms with Gasteiger partial charge in [-0.1, -0.05) is 135 Å². The second kappa shape index (κ2) is 16.2. The third kappa shape index (κ3) is 6.94. The molecule has 4 heterocycles. The van der Waals surface area contributed by atoms with Gasteiger partial charge in [0.1, 0.15) is 11.6 Å². The molecular weight excluding hydrogens is 997 g/mol. The number of ether oxygens (including phenoxy) is 1. The van der Waals surface area contributed by atoms with Crippen LogP contribution in [-0.4, -0.2) is 14.1 Å². The molecule has 66 heavy (non-hydrogen) atoms. The van der Waals surface area contributed by atoms with Crippen molar-refractivity contribution < 1.29 is 30.2 Å². The molecule has 12 rings (SSSR count). The van der Waals surface area contributed by atoms with Gasteiger partial charge < -0.3 is 23.7 Å². The number of nitrogens with zero attached hydrogens (tertiary/aromatic N) is 5. The van der Waals surface area contributed by atoms with Gasteiger partial charge in [0.25, 0.3) is 0 Å². The second-order valence-electron chi connectivity index (χ2n) is 17.5. The average molecular weight is 1040 g/mol. The van der Waals surface area contributed by atoms with Gasteiger partial charge in [-0.15, -0.1) is 42.4 Å². The van der Waals surface area contributed by atoms with Crippen LogP contribution in [0, 0.1) is 24.6 Å². The predicted octanol–water partition coefficient (Wildman–Crippen LogP) is 15.2. The molecule has 6 nitrogen and oxygen atoms in total. The molecule has 0 spiro atoms. The molecule has 8 heteroatoms. The molecular formula is C58H41FN5OPt-3. The smallest absolute Gasteiger partial charge is 0.135 e. The van der Waals surface area contributed by atoms with E-state index in [9.17, 15) is 4.39 Å². The molecule has 0 fully saturated rings. The fourth-order valence-electron chi connectivity index (χ4n) is 9.38. The van der Waals surface area contributed by atoms with Crippen LogP contribution in [-0.2, 0) is 26.5 Å². The number of fused-ring (bicyclic) bond motifs is 7. The van der Waals surface area contributed by atoms with Gasteiger partial charge in [-0.2, -0.15) is 6.07 Å². The van der Waals surface area contributed by atoms with Crippen LogP contribution in [0.15, 0.2) is 188 Å². The van der Waals surface area contributed by atoms with E-state index in [2.05, 4.69) is 198 Å². The van der Waals surface area contributed by atoms with E-state index in [4.69, 9.17) is 9.72 Å². The second-order valence-corrected chi connectivity index (χ2v) is 17.5. The summed E-state index contributed by atoms with van der Waals surface area (Å²) in [6.45, 7) is 8.76. The summed E-state index contributed by atoms with van der Waals surface area (Å²) in [6, 6.07) is 68.7. The number of para-hydroxylation sites is 6. The third-order valence-corrected chi connectivity index (χ3v) is 12.5. The monoisotopic (exact) mass is 1040 g/mol. The van der Waals surface area contributed by atoms with Crippen molar-refractivity contribution in [1.82, 2.24) is 14.1 Å². The minimum Gasteiger partial charge on any atom is -0.509 e. The molecule has 324 valence electrons. The summed E-state index contributed by atoms with van der Waals surface area (Å²) >= 11 is 0. The first-order chi connectivity index (χ1) is 31.8. The van der Waals surface area contributed by atoms with E-state index >= 15 is 0 Å². The first kappa shape index (κ1) is 41.2. The van der Waals surface area contributed by atoms with E-state index in [0.29, 0.717) is 11.5 Å². The summed E-state index contributed by atoms with van der Waals surface area (Å²) in [5.41, 5.74) is 11.8. The summed E-state index contributed by atoms with van der Waals surface area (Å²) in [6.07, 6.45) is 1.89. The molecule has 11 aromatic rings. The Kier molecular flexibility index (Phi) is 10.1. The molecule has 0 bridgehead atoms. The van der Waals surface area contributed by atoms with E-state index in [1.54, 1.807) is 0 Å². The molecule has 0 unspecified atom stereocenters. The standard InChI is InChI=1S/C58H41FN5O.Pt/c1-58(2,3)39-30-31-60-57(32-39)64-53-21-11-7-17-48(53)49-29-28-43(36-56(49)64)65-44-34-41(33-42(35-44)63-51-19-9-5-15-46(51)47-16-6-10-20-52(47)63)61-37-62(55-23-13-12-22-54(55)61)50-18-8-4-14-45(50)38-24-26-40(59)27-25-38;/h4-33,35,37H,1-3H3;/q-3;. The van der Waals surface area contributed by atoms with Crippen LogP contribution in [0.3, 0.4) is 0 Å². The van der Waals surface area contributed by atoms with Gasteiger partial charge in [0.05, 0.1) is 11.0 Å². The van der Waals surface area contributed by atoms with Crippen molar-refractivity contribution in [2.24, 2.45) is 0 Å². The van der Waals surface area contributed by atoms with E-state index < -0.39 is 0 Å². The van der Waals surface area contributed by atoms with Crippen LogP contribution < -0.4 is 14.5 Å². The van der Waals surface area contributed by atoms with Crippen molar-refractivity contribution in [2.45, 2.75) is 26.2 Å². The topological polar surface area (TPSA) is 38.5 Å². The number of halogens is 1. The summed E-state index contributed by atoms with van der Waals surface area (Å²) in [4.78, 5) is 9.25. The van der Waals surface area contributed by atoms with E-state index in [1.807, 2.05) is 36.5 Å². The minimum absolute atomic E-state index is 0. The number of rotatable bonds is 7. The van der Waals surface area contributed by atoms with Crippen LogP contribution in [0.1, 0.15) is 26.3 Å². The van der Waals surface area contributed by atoms with Crippen molar-refractivity contribution in [3.05, 3.63) is 218 Å². The molecule has 3 aromatic heterocycles. The molecule has 0 saturated carbocycles. The van der Waals surface area contributed by atoms with Gasteiger partial charge in [0.2, 0.25) is 0 Å². The summed E-state index contributed by atoms with van der Waals surface area (Å²) in [5, 5.41) is 4.50. The molecule has 0 N–H and O–H groups in total. The maximum Gasteiger partial charge on any atom is 0.135 e. The van der Waals surface area contributed by atoms with Gasteiger partial charge in [-0.25, -0.2) is 9.37 Å². The summed E-state index contributed by atoms with van der Waals surface area (Å²) < 4.78 is 25.6. The molecule has 1 aliphatic heterocycles. The van der Waals surface area contributed by atoms with Gasteiger partial charge in [-0.3, -0.25) is 0 Å². The molecule has 0 atom stereocenters. The zero-order valence-corrected chi connectivity index (χ0v) is 38.6. The summed E-state index contributed by atoms with van der Waals surface area (Å²) in [5.74, 6) is 1.64. The van der Waals surface area contributed by atoms with Crippen LogP contribution in [0.4, 0.5) is 27.1 Å². The van der Waals surface area contributed by atoms with Crippen LogP contribution in [0.5, 0.6) is 11.5 Å². The Labute approximate surface area is 397 Å². The van der Waals surface area contributed by atoms with Crippen molar-refractivity contribution in [3.8, 4) is 34.1 Å². The Balaban J connectivity index is 0.00000481. The quantitative estimate of drug-likeness (QED) is 0.149. The van der Waals surface area contributed by atoms with Crippen molar-refractivity contribution in [1.29, 1.82) is 0 Å². The molecule has 0 radical (unpaired) electrons.